The Morgan fingerprint density at radius 2 is 1.89 bits per heavy atom. The Morgan fingerprint density at radius 3 is 2.33 bits per heavy atom. The molecule has 1 aromatic carbocycles. The fraction of sp³-hybridized carbons (Fsp3) is 0.500. The lowest BCUT2D eigenvalue weighted by atomic mass is 9.85. The second kappa shape index (κ2) is 5.98. The molecule has 0 spiro atoms. The molecule has 0 bridgehead atoms. The van der Waals surface area contributed by atoms with Crippen molar-refractivity contribution in [2.45, 2.75) is 39.8 Å². The molecule has 4 heteroatoms. The van der Waals surface area contributed by atoms with E-state index in [0.717, 1.165) is 11.3 Å². The molecule has 1 atom stereocenters. The van der Waals surface area contributed by atoms with E-state index in [2.05, 4.69) is 5.32 Å². The van der Waals surface area contributed by atoms with Gasteiger partial charge >= 0.3 is 0 Å². The van der Waals surface area contributed by atoms with Gasteiger partial charge in [-0.2, -0.15) is 0 Å². The van der Waals surface area contributed by atoms with Crippen LogP contribution in [0.4, 0.5) is 5.69 Å². The van der Waals surface area contributed by atoms with E-state index >= 15 is 0 Å². The van der Waals surface area contributed by atoms with Crippen LogP contribution in [0.25, 0.3) is 0 Å². The molecule has 0 saturated carbocycles. The third kappa shape index (κ3) is 4.47. The monoisotopic (exact) mass is 250 g/mol. The first-order valence-electron chi connectivity index (χ1n) is 6.08. The number of aliphatic hydroxyl groups is 1. The van der Waals surface area contributed by atoms with E-state index in [-0.39, 0.29) is 24.0 Å². The van der Waals surface area contributed by atoms with Crippen molar-refractivity contribution in [3.05, 3.63) is 29.8 Å². The Kier molecular flexibility index (Phi) is 4.87. The number of hydrogen-bond donors (Lipinski definition) is 3. The van der Waals surface area contributed by atoms with Crippen LogP contribution in [0.15, 0.2) is 24.3 Å². The SMILES string of the molecule is CC(C)(C)C(N)CC(=O)Nc1ccc(CO)cc1. The zero-order chi connectivity index (χ0) is 13.8. The highest BCUT2D eigenvalue weighted by molar-refractivity contribution is 5.91. The normalized spacial score (nSPS) is 13.2. The van der Waals surface area contributed by atoms with Crippen molar-refractivity contribution in [1.82, 2.24) is 0 Å². The van der Waals surface area contributed by atoms with Crippen molar-refractivity contribution < 1.29 is 9.90 Å². The molecule has 0 aliphatic rings. The number of benzene rings is 1. The maximum absolute atomic E-state index is 11.8. The molecule has 0 saturated heterocycles. The summed E-state index contributed by atoms with van der Waals surface area (Å²) in [5.74, 6) is -0.0887. The van der Waals surface area contributed by atoms with E-state index in [1.807, 2.05) is 20.8 Å². The topological polar surface area (TPSA) is 75.4 Å². The molecule has 1 unspecified atom stereocenters. The van der Waals surface area contributed by atoms with Crippen LogP contribution in [0.5, 0.6) is 0 Å². The third-order valence-corrected chi connectivity index (χ3v) is 2.94. The highest BCUT2D eigenvalue weighted by Crippen LogP contribution is 2.20. The van der Waals surface area contributed by atoms with Crippen LogP contribution in [-0.4, -0.2) is 17.1 Å². The number of rotatable bonds is 4. The van der Waals surface area contributed by atoms with Crippen molar-refractivity contribution in [3.8, 4) is 0 Å². The van der Waals surface area contributed by atoms with E-state index in [1.165, 1.54) is 0 Å². The molecule has 1 aromatic rings. The van der Waals surface area contributed by atoms with Crippen molar-refractivity contribution in [1.29, 1.82) is 0 Å². The summed E-state index contributed by atoms with van der Waals surface area (Å²) < 4.78 is 0. The first kappa shape index (κ1) is 14.7. The smallest absolute Gasteiger partial charge is 0.225 e. The molecule has 0 aliphatic carbocycles. The van der Waals surface area contributed by atoms with Gasteiger partial charge in [0.25, 0.3) is 0 Å². The molecule has 0 heterocycles. The highest BCUT2D eigenvalue weighted by Gasteiger charge is 2.23. The summed E-state index contributed by atoms with van der Waals surface area (Å²) in [6, 6.07) is 6.92. The van der Waals surface area contributed by atoms with E-state index in [1.54, 1.807) is 24.3 Å². The van der Waals surface area contributed by atoms with Gasteiger partial charge in [-0.1, -0.05) is 32.9 Å². The standard InChI is InChI=1S/C14H22N2O2/c1-14(2,3)12(15)8-13(18)16-11-6-4-10(9-17)5-7-11/h4-7,12,17H,8-9,15H2,1-3H3,(H,16,18). The summed E-state index contributed by atoms with van der Waals surface area (Å²) in [6.45, 7) is 6.05. The predicted molar refractivity (Wildman–Crippen MR) is 73.0 cm³/mol. The number of nitrogens with two attached hydrogens (primary N) is 1. The second-order valence-corrected chi connectivity index (χ2v) is 5.58. The quantitative estimate of drug-likeness (QED) is 0.763. The zero-order valence-electron chi connectivity index (χ0n) is 11.2. The number of carbonyl (C=O) groups is 1. The largest absolute Gasteiger partial charge is 0.392 e. The number of nitrogens with one attached hydrogen (secondary N) is 1. The van der Waals surface area contributed by atoms with Crippen LogP contribution in [0.3, 0.4) is 0 Å². The van der Waals surface area contributed by atoms with E-state index in [4.69, 9.17) is 10.8 Å². The summed E-state index contributed by atoms with van der Waals surface area (Å²) in [6.07, 6.45) is 0.297. The lowest BCUT2D eigenvalue weighted by molar-refractivity contribution is -0.117. The summed E-state index contributed by atoms with van der Waals surface area (Å²) >= 11 is 0. The number of anilines is 1. The first-order valence-corrected chi connectivity index (χ1v) is 6.08. The summed E-state index contributed by atoms with van der Waals surface area (Å²) in [5, 5.41) is 11.7. The van der Waals surface area contributed by atoms with Crippen LogP contribution in [0.2, 0.25) is 0 Å². The minimum absolute atomic E-state index is 0.00310. The average Bonchev–Trinajstić information content (AvgIpc) is 2.28. The lowest BCUT2D eigenvalue weighted by Gasteiger charge is -2.26. The van der Waals surface area contributed by atoms with E-state index < -0.39 is 0 Å². The second-order valence-electron chi connectivity index (χ2n) is 5.58. The van der Waals surface area contributed by atoms with Crippen molar-refractivity contribution in [2.24, 2.45) is 11.1 Å². The number of hydrogen-bond acceptors (Lipinski definition) is 3. The average molecular weight is 250 g/mol. The van der Waals surface area contributed by atoms with Gasteiger partial charge in [0.1, 0.15) is 0 Å². The molecular formula is C14H22N2O2. The number of carbonyl (C=O) groups excluding carboxylic acids is 1. The van der Waals surface area contributed by atoms with Gasteiger partial charge in [-0.3, -0.25) is 4.79 Å². The molecule has 0 aromatic heterocycles. The van der Waals surface area contributed by atoms with Crippen LogP contribution in [-0.2, 0) is 11.4 Å². The molecule has 1 rings (SSSR count). The van der Waals surface area contributed by atoms with Crippen molar-refractivity contribution in [2.75, 3.05) is 5.32 Å². The fourth-order valence-electron chi connectivity index (χ4n) is 1.41. The Labute approximate surface area is 108 Å². The molecule has 0 aliphatic heterocycles. The van der Waals surface area contributed by atoms with Gasteiger partial charge in [0.15, 0.2) is 0 Å². The van der Waals surface area contributed by atoms with Gasteiger partial charge in [0, 0.05) is 18.2 Å². The summed E-state index contributed by atoms with van der Waals surface area (Å²) in [5.41, 5.74) is 7.41. The molecule has 1 amide bonds. The first-order chi connectivity index (χ1) is 8.32. The van der Waals surface area contributed by atoms with Crippen molar-refractivity contribution in [3.63, 3.8) is 0 Å². The maximum Gasteiger partial charge on any atom is 0.225 e. The Hall–Kier alpha value is -1.39. The van der Waals surface area contributed by atoms with Gasteiger partial charge in [-0.05, 0) is 23.1 Å². The van der Waals surface area contributed by atoms with Crippen LogP contribution < -0.4 is 11.1 Å². The molecule has 18 heavy (non-hydrogen) atoms. The van der Waals surface area contributed by atoms with Gasteiger partial charge in [0.05, 0.1) is 6.61 Å². The summed E-state index contributed by atoms with van der Waals surface area (Å²) in [7, 11) is 0. The van der Waals surface area contributed by atoms with E-state index in [0.29, 0.717) is 6.42 Å². The van der Waals surface area contributed by atoms with Gasteiger partial charge < -0.3 is 16.2 Å². The number of amides is 1. The lowest BCUT2D eigenvalue weighted by Crippen LogP contribution is -2.38. The minimum Gasteiger partial charge on any atom is -0.392 e. The van der Waals surface area contributed by atoms with Crippen LogP contribution >= 0.6 is 0 Å². The van der Waals surface area contributed by atoms with Gasteiger partial charge in [0.2, 0.25) is 5.91 Å². The molecular weight excluding hydrogens is 228 g/mol. The fourth-order valence-corrected chi connectivity index (χ4v) is 1.41. The van der Waals surface area contributed by atoms with E-state index in [9.17, 15) is 4.79 Å². The Bertz CT molecular complexity index is 393. The predicted octanol–water partition coefficient (Wildman–Crippen LogP) is 1.88. The third-order valence-electron chi connectivity index (χ3n) is 2.94. The number of aliphatic hydroxyl groups excluding tert-OH is 1. The summed E-state index contributed by atoms with van der Waals surface area (Å²) in [4.78, 5) is 11.8. The molecule has 0 radical (unpaired) electrons. The highest BCUT2D eigenvalue weighted by atomic mass is 16.3. The zero-order valence-corrected chi connectivity index (χ0v) is 11.2. The Balaban J connectivity index is 2.54. The minimum atomic E-state index is -0.172. The van der Waals surface area contributed by atoms with Crippen LogP contribution in [0, 0.1) is 5.41 Å². The molecule has 4 nitrogen and oxygen atoms in total. The molecule has 100 valence electrons. The molecule has 4 N–H and O–H groups in total. The van der Waals surface area contributed by atoms with Crippen LogP contribution in [0.1, 0.15) is 32.8 Å². The maximum atomic E-state index is 11.8. The Morgan fingerprint density at radius 1 is 1.33 bits per heavy atom. The van der Waals surface area contributed by atoms with Gasteiger partial charge in [-0.15, -0.1) is 0 Å². The van der Waals surface area contributed by atoms with Gasteiger partial charge in [-0.25, -0.2) is 0 Å². The van der Waals surface area contributed by atoms with Crippen molar-refractivity contribution >= 4 is 11.6 Å². The molecule has 0 fully saturated rings.